The molecule has 17 heavy (non-hydrogen) atoms. The molecule has 1 aromatic heterocycles. The van der Waals surface area contributed by atoms with Crippen LogP contribution in [0.25, 0.3) is 0 Å². The zero-order chi connectivity index (χ0) is 12.4. The Hall–Kier alpha value is -2.30. The van der Waals surface area contributed by atoms with Crippen molar-refractivity contribution in [3.63, 3.8) is 0 Å². The first-order chi connectivity index (χ1) is 8.08. The number of hydrogen-bond acceptors (Lipinski definition) is 3. The Morgan fingerprint density at radius 2 is 2.12 bits per heavy atom. The number of anilines is 1. The fourth-order valence-corrected chi connectivity index (χ4v) is 1.37. The topological polar surface area (TPSA) is 62.5 Å². The third-order valence-electron chi connectivity index (χ3n) is 2.19. The third kappa shape index (κ3) is 2.28. The number of para-hydroxylation sites is 1. The van der Waals surface area contributed by atoms with Crippen molar-refractivity contribution in [2.24, 2.45) is 0 Å². The molecule has 2 aromatic rings. The summed E-state index contributed by atoms with van der Waals surface area (Å²) in [5, 5.41) is 11.7. The number of hydrogen-bond donors (Lipinski definition) is 2. The average Bonchev–Trinajstić information content (AvgIpc) is 2.70. The molecule has 1 amide bonds. The van der Waals surface area contributed by atoms with Gasteiger partial charge in [0, 0.05) is 0 Å². The number of aromatic hydroxyl groups is 1. The van der Waals surface area contributed by atoms with Gasteiger partial charge in [0.25, 0.3) is 5.91 Å². The molecule has 0 aliphatic carbocycles. The molecular weight excluding hydrogens is 225 g/mol. The van der Waals surface area contributed by atoms with Crippen LogP contribution < -0.4 is 5.32 Å². The Kier molecular flexibility index (Phi) is 2.82. The van der Waals surface area contributed by atoms with Crippen molar-refractivity contribution in [2.45, 2.75) is 6.92 Å². The summed E-state index contributed by atoms with van der Waals surface area (Å²) in [6.07, 6.45) is 0. The minimum atomic E-state index is -0.707. The van der Waals surface area contributed by atoms with E-state index in [0.29, 0.717) is 5.76 Å². The van der Waals surface area contributed by atoms with Crippen molar-refractivity contribution in [2.75, 3.05) is 5.32 Å². The van der Waals surface area contributed by atoms with E-state index in [2.05, 4.69) is 5.32 Å². The summed E-state index contributed by atoms with van der Waals surface area (Å²) in [6, 6.07) is 6.87. The Balaban J connectivity index is 2.24. The molecular formula is C12H10FNO3. The number of carbonyl (C=O) groups is 1. The zero-order valence-electron chi connectivity index (χ0n) is 9.03. The quantitative estimate of drug-likeness (QED) is 0.786. The molecule has 0 atom stereocenters. The SMILES string of the molecule is Cc1ccc(C(=O)Nc2c(O)cccc2F)o1. The standard InChI is InChI=1S/C12H10FNO3/c1-7-5-6-10(17-7)12(16)14-11-8(13)3-2-4-9(11)15/h2-6,15H,1H3,(H,14,16). The Morgan fingerprint density at radius 1 is 1.35 bits per heavy atom. The molecule has 0 spiro atoms. The predicted octanol–water partition coefficient (Wildman–Crippen LogP) is 2.69. The maximum atomic E-state index is 13.3. The summed E-state index contributed by atoms with van der Waals surface area (Å²) in [6.45, 7) is 1.69. The van der Waals surface area contributed by atoms with Crippen molar-refractivity contribution >= 4 is 11.6 Å². The number of phenols is 1. The van der Waals surface area contributed by atoms with E-state index in [4.69, 9.17) is 4.42 Å². The van der Waals surface area contributed by atoms with Crippen LogP contribution in [-0.4, -0.2) is 11.0 Å². The van der Waals surface area contributed by atoms with Crippen LogP contribution >= 0.6 is 0 Å². The van der Waals surface area contributed by atoms with E-state index >= 15 is 0 Å². The van der Waals surface area contributed by atoms with Gasteiger partial charge in [0.05, 0.1) is 0 Å². The van der Waals surface area contributed by atoms with Crippen molar-refractivity contribution in [3.8, 4) is 5.75 Å². The second-order valence-corrected chi connectivity index (χ2v) is 3.50. The Morgan fingerprint density at radius 3 is 2.71 bits per heavy atom. The molecule has 2 N–H and O–H groups in total. The van der Waals surface area contributed by atoms with Crippen LogP contribution in [0.1, 0.15) is 16.3 Å². The maximum absolute atomic E-state index is 13.3. The summed E-state index contributed by atoms with van der Waals surface area (Å²) < 4.78 is 18.4. The van der Waals surface area contributed by atoms with Crippen molar-refractivity contribution < 1.29 is 18.7 Å². The maximum Gasteiger partial charge on any atom is 0.291 e. The molecule has 0 aliphatic heterocycles. The Labute approximate surface area is 96.7 Å². The first-order valence-electron chi connectivity index (χ1n) is 4.93. The molecule has 0 aliphatic rings. The van der Waals surface area contributed by atoms with E-state index < -0.39 is 11.7 Å². The highest BCUT2D eigenvalue weighted by atomic mass is 19.1. The minimum absolute atomic E-state index is 0.0603. The second-order valence-electron chi connectivity index (χ2n) is 3.50. The summed E-state index contributed by atoms with van der Waals surface area (Å²) in [7, 11) is 0. The van der Waals surface area contributed by atoms with Crippen LogP contribution in [0.15, 0.2) is 34.7 Å². The lowest BCUT2D eigenvalue weighted by molar-refractivity contribution is 0.0994. The monoisotopic (exact) mass is 235 g/mol. The summed E-state index contributed by atoms with van der Waals surface area (Å²) in [5.41, 5.74) is -0.258. The van der Waals surface area contributed by atoms with E-state index in [1.165, 1.54) is 18.2 Å². The van der Waals surface area contributed by atoms with Gasteiger partial charge in [-0.1, -0.05) is 6.07 Å². The fourth-order valence-electron chi connectivity index (χ4n) is 1.37. The third-order valence-corrected chi connectivity index (χ3v) is 2.19. The van der Waals surface area contributed by atoms with Gasteiger partial charge in [-0.15, -0.1) is 0 Å². The first-order valence-corrected chi connectivity index (χ1v) is 4.93. The van der Waals surface area contributed by atoms with E-state index in [-0.39, 0.29) is 17.2 Å². The van der Waals surface area contributed by atoms with Gasteiger partial charge >= 0.3 is 0 Å². The lowest BCUT2D eigenvalue weighted by Crippen LogP contribution is -2.12. The minimum Gasteiger partial charge on any atom is -0.506 e. The normalized spacial score (nSPS) is 10.2. The van der Waals surface area contributed by atoms with Crippen molar-refractivity contribution in [1.82, 2.24) is 0 Å². The number of benzene rings is 1. The summed E-state index contributed by atoms with van der Waals surface area (Å²) in [5.74, 6) is -1.01. The number of rotatable bonds is 2. The van der Waals surface area contributed by atoms with Gasteiger partial charge in [-0.2, -0.15) is 0 Å². The number of furan rings is 1. The van der Waals surface area contributed by atoms with E-state index in [1.54, 1.807) is 13.0 Å². The molecule has 0 saturated carbocycles. The molecule has 0 saturated heterocycles. The summed E-state index contributed by atoms with van der Waals surface area (Å²) >= 11 is 0. The van der Waals surface area contributed by atoms with E-state index in [1.807, 2.05) is 0 Å². The van der Waals surface area contributed by atoms with Gasteiger partial charge in [0.1, 0.15) is 17.2 Å². The second kappa shape index (κ2) is 4.29. The lowest BCUT2D eigenvalue weighted by Gasteiger charge is -2.06. The van der Waals surface area contributed by atoms with Crippen LogP contribution in [-0.2, 0) is 0 Å². The van der Waals surface area contributed by atoms with Crippen LogP contribution in [0.4, 0.5) is 10.1 Å². The van der Waals surface area contributed by atoms with Crippen LogP contribution in [0.5, 0.6) is 5.75 Å². The van der Waals surface area contributed by atoms with Crippen LogP contribution in [0.2, 0.25) is 0 Å². The molecule has 0 unspecified atom stereocenters. The van der Waals surface area contributed by atoms with Gasteiger partial charge in [0.15, 0.2) is 11.6 Å². The molecule has 0 bridgehead atoms. The molecule has 2 rings (SSSR count). The number of carbonyl (C=O) groups excluding carboxylic acids is 1. The molecule has 1 aromatic carbocycles. The first kappa shape index (κ1) is 11.2. The van der Waals surface area contributed by atoms with Gasteiger partial charge in [0.2, 0.25) is 0 Å². The van der Waals surface area contributed by atoms with Crippen molar-refractivity contribution in [1.29, 1.82) is 0 Å². The molecule has 0 radical (unpaired) electrons. The molecule has 0 fully saturated rings. The largest absolute Gasteiger partial charge is 0.506 e. The highest BCUT2D eigenvalue weighted by molar-refractivity contribution is 6.03. The van der Waals surface area contributed by atoms with Gasteiger partial charge in [-0.25, -0.2) is 4.39 Å². The van der Waals surface area contributed by atoms with Crippen LogP contribution in [0.3, 0.4) is 0 Å². The molecule has 88 valence electrons. The molecule has 4 nitrogen and oxygen atoms in total. The average molecular weight is 235 g/mol. The van der Waals surface area contributed by atoms with E-state index in [0.717, 1.165) is 6.07 Å². The molecule has 1 heterocycles. The smallest absolute Gasteiger partial charge is 0.291 e. The fraction of sp³-hybridized carbons (Fsp3) is 0.0833. The number of amides is 1. The number of aryl methyl sites for hydroxylation is 1. The highest BCUT2D eigenvalue weighted by Gasteiger charge is 2.15. The summed E-state index contributed by atoms with van der Waals surface area (Å²) in [4.78, 5) is 11.6. The van der Waals surface area contributed by atoms with Gasteiger partial charge in [-0.3, -0.25) is 4.79 Å². The van der Waals surface area contributed by atoms with Crippen molar-refractivity contribution in [3.05, 3.63) is 47.7 Å². The highest BCUT2D eigenvalue weighted by Crippen LogP contribution is 2.26. The number of phenolic OH excluding ortho intramolecular Hbond substituents is 1. The number of halogens is 1. The van der Waals surface area contributed by atoms with E-state index in [9.17, 15) is 14.3 Å². The zero-order valence-corrected chi connectivity index (χ0v) is 9.03. The predicted molar refractivity (Wildman–Crippen MR) is 59.5 cm³/mol. The Bertz CT molecular complexity index is 542. The van der Waals surface area contributed by atoms with Gasteiger partial charge in [-0.05, 0) is 31.2 Å². The van der Waals surface area contributed by atoms with Gasteiger partial charge < -0.3 is 14.8 Å². The lowest BCUT2D eigenvalue weighted by atomic mass is 10.2. The number of nitrogens with one attached hydrogen (secondary N) is 1. The van der Waals surface area contributed by atoms with Crippen LogP contribution in [0, 0.1) is 12.7 Å². The molecule has 5 heteroatoms.